The van der Waals surface area contributed by atoms with Crippen LogP contribution in [0.2, 0.25) is 0 Å². The highest BCUT2D eigenvalue weighted by Crippen LogP contribution is 2.09. The van der Waals surface area contributed by atoms with Gasteiger partial charge in [-0.05, 0) is 43.9 Å². The molecule has 0 fully saturated rings. The van der Waals surface area contributed by atoms with Crippen LogP contribution >= 0.6 is 0 Å². The lowest BCUT2D eigenvalue weighted by molar-refractivity contribution is -0.117. The maximum atomic E-state index is 12.0. The van der Waals surface area contributed by atoms with Crippen LogP contribution in [0.1, 0.15) is 37.3 Å². The van der Waals surface area contributed by atoms with Gasteiger partial charge in [0.25, 0.3) is 0 Å². The Labute approximate surface area is 142 Å². The summed E-state index contributed by atoms with van der Waals surface area (Å²) < 4.78 is 1.78. The topological polar surface area (TPSA) is 64.0 Å². The number of nitrogens with one attached hydrogen (secondary N) is 1. The molecule has 0 radical (unpaired) electrons. The Morgan fingerprint density at radius 1 is 1.21 bits per heavy atom. The quantitative estimate of drug-likeness (QED) is 0.596. The zero-order valence-corrected chi connectivity index (χ0v) is 14.2. The van der Waals surface area contributed by atoms with E-state index in [2.05, 4.69) is 10.4 Å². The number of aromatic nitrogens is 2. The molecule has 2 rings (SSSR count). The summed E-state index contributed by atoms with van der Waals surface area (Å²) in [6.07, 6.45) is 7.48. The SMILES string of the molecule is CC(=O)CCCCn1ccc(NC(=O)C=Cc2ccccc2C)n1. The number of ketones is 1. The second kappa shape index (κ2) is 8.82. The minimum Gasteiger partial charge on any atom is -0.306 e. The van der Waals surface area contributed by atoms with Crippen molar-refractivity contribution in [2.24, 2.45) is 0 Å². The van der Waals surface area contributed by atoms with E-state index >= 15 is 0 Å². The summed E-state index contributed by atoms with van der Waals surface area (Å²) in [5.41, 5.74) is 2.14. The second-order valence-corrected chi connectivity index (χ2v) is 5.80. The molecule has 1 aromatic heterocycles. The summed E-state index contributed by atoms with van der Waals surface area (Å²) in [7, 11) is 0. The fourth-order valence-electron chi connectivity index (χ4n) is 2.31. The molecule has 126 valence electrons. The average molecular weight is 325 g/mol. The number of carbonyl (C=O) groups is 2. The van der Waals surface area contributed by atoms with Crippen LogP contribution in [-0.2, 0) is 16.1 Å². The number of anilines is 1. The first-order valence-electron chi connectivity index (χ1n) is 8.12. The number of nitrogens with zero attached hydrogens (tertiary/aromatic N) is 2. The molecule has 0 aliphatic heterocycles. The molecule has 0 aliphatic carbocycles. The number of Topliss-reactive ketones (excluding diaryl/α,β-unsaturated/α-hetero) is 1. The first-order valence-corrected chi connectivity index (χ1v) is 8.12. The molecule has 24 heavy (non-hydrogen) atoms. The Hall–Kier alpha value is -2.69. The highest BCUT2D eigenvalue weighted by Gasteiger charge is 2.03. The Kier molecular flexibility index (Phi) is 6.49. The van der Waals surface area contributed by atoms with Crippen LogP contribution in [0.15, 0.2) is 42.6 Å². The van der Waals surface area contributed by atoms with E-state index in [1.54, 1.807) is 23.7 Å². The Bertz CT molecular complexity index is 732. The predicted octanol–water partition coefficient (Wildman–Crippen LogP) is 3.60. The van der Waals surface area contributed by atoms with Gasteiger partial charge in [-0.15, -0.1) is 0 Å². The molecule has 0 saturated heterocycles. The zero-order valence-electron chi connectivity index (χ0n) is 14.2. The fourth-order valence-corrected chi connectivity index (χ4v) is 2.31. The van der Waals surface area contributed by atoms with Gasteiger partial charge in [0.1, 0.15) is 5.78 Å². The number of carbonyl (C=O) groups excluding carboxylic acids is 2. The maximum absolute atomic E-state index is 12.0. The van der Waals surface area contributed by atoms with Gasteiger partial charge in [0.05, 0.1) is 0 Å². The molecule has 5 heteroatoms. The molecule has 1 amide bonds. The average Bonchev–Trinajstić information content (AvgIpc) is 2.98. The molecule has 1 heterocycles. The standard InChI is InChI=1S/C19H23N3O2/c1-15-7-3-4-9-17(15)10-11-19(24)20-18-12-14-22(21-18)13-6-5-8-16(2)23/h3-4,7,9-12,14H,5-6,8,13H2,1-2H3,(H,20,21,24). The zero-order chi connectivity index (χ0) is 17.4. The number of rotatable bonds is 8. The summed E-state index contributed by atoms with van der Waals surface area (Å²) in [6.45, 7) is 4.35. The predicted molar refractivity (Wildman–Crippen MR) is 95.6 cm³/mol. The molecular weight excluding hydrogens is 302 g/mol. The van der Waals surface area contributed by atoms with E-state index in [1.807, 2.05) is 37.4 Å². The first-order chi connectivity index (χ1) is 11.5. The molecule has 5 nitrogen and oxygen atoms in total. The fraction of sp³-hybridized carbons (Fsp3) is 0.316. The van der Waals surface area contributed by atoms with Gasteiger partial charge in [0.15, 0.2) is 5.82 Å². The number of hydrogen-bond donors (Lipinski definition) is 1. The van der Waals surface area contributed by atoms with E-state index in [4.69, 9.17) is 0 Å². The lowest BCUT2D eigenvalue weighted by Crippen LogP contribution is -2.09. The molecule has 0 aliphatic rings. The number of unbranched alkanes of at least 4 members (excludes halogenated alkanes) is 1. The molecule has 0 unspecified atom stereocenters. The van der Waals surface area contributed by atoms with Crippen molar-refractivity contribution >= 4 is 23.6 Å². The van der Waals surface area contributed by atoms with Gasteiger partial charge < -0.3 is 10.1 Å². The minimum atomic E-state index is -0.208. The van der Waals surface area contributed by atoms with Crippen LogP contribution in [-0.4, -0.2) is 21.5 Å². The van der Waals surface area contributed by atoms with Gasteiger partial charge in [0.2, 0.25) is 5.91 Å². The third-order valence-electron chi connectivity index (χ3n) is 3.66. The Balaban J connectivity index is 1.82. The molecule has 1 aromatic carbocycles. The van der Waals surface area contributed by atoms with E-state index in [0.29, 0.717) is 12.2 Å². The summed E-state index contributed by atoms with van der Waals surface area (Å²) >= 11 is 0. The molecule has 0 atom stereocenters. The van der Waals surface area contributed by atoms with E-state index in [1.165, 1.54) is 6.08 Å². The smallest absolute Gasteiger partial charge is 0.249 e. The van der Waals surface area contributed by atoms with Crippen molar-refractivity contribution in [1.82, 2.24) is 9.78 Å². The molecule has 0 saturated carbocycles. The molecule has 2 aromatic rings. The largest absolute Gasteiger partial charge is 0.306 e. The molecular formula is C19H23N3O2. The van der Waals surface area contributed by atoms with Crippen LogP contribution in [0.3, 0.4) is 0 Å². The molecule has 0 spiro atoms. The van der Waals surface area contributed by atoms with Crippen LogP contribution in [0, 0.1) is 6.92 Å². The van der Waals surface area contributed by atoms with Crippen molar-refractivity contribution in [3.63, 3.8) is 0 Å². The normalized spacial score (nSPS) is 10.9. The lowest BCUT2D eigenvalue weighted by atomic mass is 10.1. The van der Waals surface area contributed by atoms with Crippen LogP contribution in [0.4, 0.5) is 5.82 Å². The van der Waals surface area contributed by atoms with Crippen molar-refractivity contribution in [2.75, 3.05) is 5.32 Å². The number of hydrogen-bond acceptors (Lipinski definition) is 3. The van der Waals surface area contributed by atoms with E-state index in [0.717, 1.165) is 30.5 Å². The molecule has 0 bridgehead atoms. The van der Waals surface area contributed by atoms with Crippen molar-refractivity contribution in [2.45, 2.75) is 39.7 Å². The molecule has 1 N–H and O–H groups in total. The van der Waals surface area contributed by atoms with Crippen molar-refractivity contribution in [1.29, 1.82) is 0 Å². The monoisotopic (exact) mass is 325 g/mol. The highest BCUT2D eigenvalue weighted by molar-refractivity contribution is 6.01. The Morgan fingerprint density at radius 2 is 2.00 bits per heavy atom. The second-order valence-electron chi connectivity index (χ2n) is 5.80. The third kappa shape index (κ3) is 5.83. The van der Waals surface area contributed by atoms with E-state index in [-0.39, 0.29) is 11.7 Å². The summed E-state index contributed by atoms with van der Waals surface area (Å²) in [6, 6.07) is 9.65. The number of amides is 1. The van der Waals surface area contributed by atoms with Crippen LogP contribution in [0.25, 0.3) is 6.08 Å². The summed E-state index contributed by atoms with van der Waals surface area (Å²) in [4.78, 5) is 22.8. The van der Waals surface area contributed by atoms with Gasteiger partial charge in [-0.25, -0.2) is 0 Å². The van der Waals surface area contributed by atoms with Gasteiger partial charge in [-0.2, -0.15) is 5.10 Å². The third-order valence-corrected chi connectivity index (χ3v) is 3.66. The van der Waals surface area contributed by atoms with Crippen LogP contribution in [0.5, 0.6) is 0 Å². The van der Waals surface area contributed by atoms with Gasteiger partial charge in [-0.3, -0.25) is 9.48 Å². The van der Waals surface area contributed by atoms with Crippen molar-refractivity contribution in [3.05, 3.63) is 53.7 Å². The summed E-state index contributed by atoms with van der Waals surface area (Å²) in [5, 5.41) is 7.05. The van der Waals surface area contributed by atoms with Gasteiger partial charge >= 0.3 is 0 Å². The van der Waals surface area contributed by atoms with E-state index in [9.17, 15) is 9.59 Å². The maximum Gasteiger partial charge on any atom is 0.249 e. The highest BCUT2D eigenvalue weighted by atomic mass is 16.1. The van der Waals surface area contributed by atoms with Gasteiger partial charge in [0, 0.05) is 31.3 Å². The summed E-state index contributed by atoms with van der Waals surface area (Å²) in [5.74, 6) is 0.532. The Morgan fingerprint density at radius 3 is 2.75 bits per heavy atom. The van der Waals surface area contributed by atoms with Gasteiger partial charge in [-0.1, -0.05) is 24.3 Å². The lowest BCUT2D eigenvalue weighted by Gasteiger charge is -2.01. The van der Waals surface area contributed by atoms with Crippen LogP contribution < -0.4 is 5.32 Å². The number of benzene rings is 1. The van der Waals surface area contributed by atoms with E-state index < -0.39 is 0 Å². The van der Waals surface area contributed by atoms with Crippen molar-refractivity contribution in [3.8, 4) is 0 Å². The minimum absolute atomic E-state index is 0.208. The first kappa shape index (κ1) is 17.7. The van der Waals surface area contributed by atoms with Crippen molar-refractivity contribution < 1.29 is 9.59 Å². The number of aryl methyl sites for hydroxylation is 2.